The van der Waals surface area contributed by atoms with Gasteiger partial charge in [-0.2, -0.15) is 0 Å². The van der Waals surface area contributed by atoms with E-state index in [1.54, 1.807) is 0 Å². The van der Waals surface area contributed by atoms with E-state index in [1.165, 1.54) is 86.2 Å². The molecule has 12 aromatic carbocycles. The Labute approximate surface area is 385 Å². The Bertz CT molecular complexity index is 2800. The fourth-order valence-electron chi connectivity index (χ4n) is 7.64. The molecule has 0 amide bonds. The molecule has 0 aliphatic rings. The van der Waals surface area contributed by atoms with Crippen LogP contribution in [-0.2, 0) is 0 Å². The van der Waals surface area contributed by atoms with Crippen molar-refractivity contribution in [3.05, 3.63) is 231 Å². The maximum atomic E-state index is 2.24. The summed E-state index contributed by atoms with van der Waals surface area (Å²) < 4.78 is 0. The van der Waals surface area contributed by atoms with E-state index in [-0.39, 0.29) is 14.9 Å². The third-order valence-corrected chi connectivity index (χ3v) is 10.3. The minimum absolute atomic E-state index is 0. The minimum atomic E-state index is 0. The van der Waals surface area contributed by atoms with Gasteiger partial charge in [-0.15, -0.1) is 0 Å². The van der Waals surface area contributed by atoms with Gasteiger partial charge >= 0.3 is 0 Å². The molecule has 0 saturated carbocycles. The summed E-state index contributed by atoms with van der Waals surface area (Å²) in [6.07, 6.45) is 0. The molecular weight excluding hydrogens is 769 g/mol. The summed E-state index contributed by atoms with van der Waals surface area (Å²) in [6, 6.07) is 81.4. The molecule has 0 N–H and O–H groups in total. The van der Waals surface area contributed by atoms with E-state index in [2.05, 4.69) is 231 Å². The Morgan fingerprint density at radius 2 is 0.359 bits per heavy atom. The number of rotatable bonds is 0. The van der Waals surface area contributed by atoms with E-state index in [9.17, 15) is 0 Å². The van der Waals surface area contributed by atoms with E-state index in [4.69, 9.17) is 0 Å². The summed E-state index contributed by atoms with van der Waals surface area (Å²) in [7, 11) is 0. The number of hydrogen-bond donors (Lipinski definition) is 0. The van der Waals surface area contributed by atoms with Crippen LogP contribution in [0.5, 0.6) is 0 Å². The molecule has 12 rings (SSSR count). The first-order valence-corrected chi connectivity index (χ1v) is 22.6. The van der Waals surface area contributed by atoms with Crippen LogP contribution in [0.2, 0.25) is 0 Å². The molecule has 0 bridgehead atoms. The quantitative estimate of drug-likeness (QED) is 0.105. The molecule has 0 spiro atoms. The Morgan fingerprint density at radius 3 is 0.625 bits per heavy atom. The van der Waals surface area contributed by atoms with Gasteiger partial charge in [-0.05, 0) is 98.3 Å². The molecular formula is C64H70. The smallest absolute Gasteiger partial charge is 0.00268 e. The van der Waals surface area contributed by atoms with Gasteiger partial charge in [0, 0.05) is 0 Å². The molecule has 12 aromatic rings. The van der Waals surface area contributed by atoms with Gasteiger partial charge in [0.15, 0.2) is 0 Å². The maximum Gasteiger partial charge on any atom is -0.00268 e. The van der Waals surface area contributed by atoms with Crippen LogP contribution in [-0.4, -0.2) is 0 Å². The molecule has 0 fully saturated rings. The van der Waals surface area contributed by atoms with Crippen molar-refractivity contribution in [2.45, 2.75) is 70.2 Å². The van der Waals surface area contributed by atoms with Gasteiger partial charge in [0.2, 0.25) is 0 Å². The largest absolute Gasteiger partial charge is 0.0776 e. The van der Waals surface area contributed by atoms with E-state index in [1.807, 2.05) is 55.4 Å². The summed E-state index contributed by atoms with van der Waals surface area (Å²) in [5, 5.41) is 21.3. The van der Waals surface area contributed by atoms with Gasteiger partial charge in [-0.25, -0.2) is 0 Å². The zero-order valence-electron chi connectivity index (χ0n) is 37.9. The van der Waals surface area contributed by atoms with Crippen molar-refractivity contribution in [1.29, 1.82) is 0 Å². The topological polar surface area (TPSA) is 0 Å². The highest BCUT2D eigenvalue weighted by atomic mass is 14.1. The van der Waals surface area contributed by atoms with Gasteiger partial charge < -0.3 is 0 Å². The molecule has 0 unspecified atom stereocenters. The normalized spacial score (nSPS) is 9.62. The predicted molar refractivity (Wildman–Crippen MR) is 296 cm³/mol. The van der Waals surface area contributed by atoms with Crippen LogP contribution in [0.25, 0.3) is 86.2 Å². The SMILES string of the molecule is C.C.CC.CC.CC.CC.c1cc2ccc3cccc4ccc(c1)c2c34.c1ccc2c(c1)ccc1ccccc12.c1ccc2cc3ccccc3cc2c1.c1ccc2ccccc2c1. The third-order valence-electron chi connectivity index (χ3n) is 10.3. The molecule has 0 aliphatic heterocycles. The van der Waals surface area contributed by atoms with Gasteiger partial charge in [0.05, 0.1) is 0 Å². The van der Waals surface area contributed by atoms with Crippen molar-refractivity contribution in [2.24, 2.45) is 0 Å². The highest BCUT2D eigenvalue weighted by Crippen LogP contribution is 2.34. The lowest BCUT2D eigenvalue weighted by Gasteiger charge is -2.09. The summed E-state index contributed by atoms with van der Waals surface area (Å²) in [6.45, 7) is 16.0. The van der Waals surface area contributed by atoms with Crippen LogP contribution >= 0.6 is 0 Å². The molecule has 0 radical (unpaired) electrons. The van der Waals surface area contributed by atoms with Gasteiger partial charge in [0.25, 0.3) is 0 Å². The van der Waals surface area contributed by atoms with Crippen LogP contribution in [0.3, 0.4) is 0 Å². The van der Waals surface area contributed by atoms with Crippen molar-refractivity contribution in [3.63, 3.8) is 0 Å². The minimum Gasteiger partial charge on any atom is -0.0776 e. The Balaban J connectivity index is 0.000000215. The molecule has 64 heavy (non-hydrogen) atoms. The highest BCUT2D eigenvalue weighted by molar-refractivity contribution is 6.22. The van der Waals surface area contributed by atoms with Crippen LogP contribution in [0.15, 0.2) is 231 Å². The fourth-order valence-corrected chi connectivity index (χ4v) is 7.64. The second kappa shape index (κ2) is 27.1. The first-order valence-electron chi connectivity index (χ1n) is 22.6. The summed E-state index contributed by atoms with van der Waals surface area (Å²) >= 11 is 0. The van der Waals surface area contributed by atoms with Crippen molar-refractivity contribution in [3.8, 4) is 0 Å². The number of benzene rings is 12. The number of hydrogen-bond acceptors (Lipinski definition) is 0. The van der Waals surface area contributed by atoms with E-state index >= 15 is 0 Å². The van der Waals surface area contributed by atoms with Crippen LogP contribution in [0, 0.1) is 0 Å². The van der Waals surface area contributed by atoms with Gasteiger partial charge in [-0.3, -0.25) is 0 Å². The molecule has 0 aliphatic carbocycles. The van der Waals surface area contributed by atoms with Gasteiger partial charge in [-0.1, -0.05) is 289 Å². The average molecular weight is 839 g/mol. The lowest BCUT2D eigenvalue weighted by Crippen LogP contribution is -1.82. The van der Waals surface area contributed by atoms with Crippen LogP contribution in [0.4, 0.5) is 0 Å². The lowest BCUT2D eigenvalue weighted by molar-refractivity contribution is 1.50. The highest BCUT2D eigenvalue weighted by Gasteiger charge is 2.06. The van der Waals surface area contributed by atoms with Crippen molar-refractivity contribution in [1.82, 2.24) is 0 Å². The molecule has 0 aromatic heterocycles. The summed E-state index contributed by atoms with van der Waals surface area (Å²) in [5.41, 5.74) is 0. The summed E-state index contributed by atoms with van der Waals surface area (Å²) in [5.74, 6) is 0. The molecule has 0 atom stereocenters. The Kier molecular flexibility index (Phi) is 21.8. The standard InChI is InChI=1S/C16H10.2C14H10.C10H8.4C2H6.2CH4/c1-3-11-7-9-13-5-2-6-14-10-8-12(4-1)15(11)16(13)14;1-3-7-13-11(5-1)9-10-12-6-2-4-8-14(12)13;1-2-6-12-10-14-8-4-3-7-13(14)9-11(12)5-1;1-2-6-10-8-4-3-7-9(10)5-1;4*1-2;;/h1-10H;2*1-10H;1-8H;4*1-2H3;2*1H4. The zero-order chi connectivity index (χ0) is 44.1. The zero-order valence-corrected chi connectivity index (χ0v) is 37.9. The molecule has 0 heterocycles. The average Bonchev–Trinajstić information content (AvgIpc) is 3.38. The first kappa shape index (κ1) is 51.3. The molecule has 0 nitrogen and oxygen atoms in total. The third kappa shape index (κ3) is 12.3. The second-order valence-corrected chi connectivity index (χ2v) is 13.7. The number of fused-ring (bicyclic) bond motifs is 6. The molecule has 0 heteroatoms. The van der Waals surface area contributed by atoms with Crippen molar-refractivity contribution < 1.29 is 0 Å². The van der Waals surface area contributed by atoms with Crippen LogP contribution in [0.1, 0.15) is 70.2 Å². The van der Waals surface area contributed by atoms with E-state index < -0.39 is 0 Å². The maximum absolute atomic E-state index is 2.24. The van der Waals surface area contributed by atoms with E-state index in [0.29, 0.717) is 0 Å². The van der Waals surface area contributed by atoms with Crippen LogP contribution < -0.4 is 0 Å². The second-order valence-electron chi connectivity index (χ2n) is 13.7. The van der Waals surface area contributed by atoms with Crippen molar-refractivity contribution >= 4 is 86.2 Å². The monoisotopic (exact) mass is 839 g/mol. The van der Waals surface area contributed by atoms with Crippen molar-refractivity contribution in [2.75, 3.05) is 0 Å². The summed E-state index contributed by atoms with van der Waals surface area (Å²) in [4.78, 5) is 0. The first-order chi connectivity index (χ1) is 30.8. The lowest BCUT2D eigenvalue weighted by atomic mass is 9.95. The predicted octanol–water partition coefficient (Wildman–Crippen LogP) is 20.8. The molecule has 326 valence electrons. The fraction of sp³-hybridized carbons (Fsp3) is 0.156. The van der Waals surface area contributed by atoms with E-state index in [0.717, 1.165) is 0 Å². The Hall–Kier alpha value is -7.02. The Morgan fingerprint density at radius 1 is 0.172 bits per heavy atom. The molecule has 0 saturated heterocycles. The van der Waals surface area contributed by atoms with Gasteiger partial charge in [0.1, 0.15) is 0 Å².